The monoisotopic (exact) mass is 572 g/mol. The largest absolute Gasteiger partial charge is 0.497 e. The minimum absolute atomic E-state index is 0.0696. The number of Topliss-reactive ketones (excluding diaryl/α,β-unsaturated/α-hetero) is 1. The molecule has 2 atom stereocenters. The van der Waals surface area contributed by atoms with Crippen LogP contribution in [0, 0.1) is 5.92 Å². The van der Waals surface area contributed by atoms with Crippen LogP contribution in [-0.2, 0) is 19.6 Å². The van der Waals surface area contributed by atoms with Crippen molar-refractivity contribution in [3.63, 3.8) is 0 Å². The van der Waals surface area contributed by atoms with Crippen molar-refractivity contribution in [3.05, 3.63) is 84.4 Å². The van der Waals surface area contributed by atoms with Crippen LogP contribution in [0.25, 0.3) is 0 Å². The molecule has 3 aliphatic heterocycles. The van der Waals surface area contributed by atoms with Crippen LogP contribution in [0.3, 0.4) is 0 Å². The van der Waals surface area contributed by atoms with Gasteiger partial charge >= 0.3 is 0 Å². The van der Waals surface area contributed by atoms with Crippen molar-refractivity contribution in [2.24, 2.45) is 11.0 Å². The molecule has 10 nitrogen and oxygen atoms in total. The maximum atomic E-state index is 13.8. The van der Waals surface area contributed by atoms with Crippen LogP contribution in [0.1, 0.15) is 29.6 Å². The lowest BCUT2D eigenvalue weighted by atomic mass is 9.92. The van der Waals surface area contributed by atoms with Crippen molar-refractivity contribution in [3.8, 4) is 5.75 Å². The number of hydrazone groups is 1. The second-order valence-corrected chi connectivity index (χ2v) is 12.1. The number of sulfonamides is 1. The van der Waals surface area contributed by atoms with Crippen LogP contribution < -0.4 is 14.6 Å². The lowest BCUT2D eigenvalue weighted by molar-refractivity contribution is -0.121. The summed E-state index contributed by atoms with van der Waals surface area (Å²) in [7, 11) is -2.15. The number of rotatable bonds is 7. The van der Waals surface area contributed by atoms with Gasteiger partial charge in [0.2, 0.25) is 21.7 Å². The van der Waals surface area contributed by atoms with Gasteiger partial charge in [-0.2, -0.15) is 9.41 Å². The molecule has 41 heavy (non-hydrogen) atoms. The minimum atomic E-state index is -3.67. The van der Waals surface area contributed by atoms with Crippen molar-refractivity contribution in [2.45, 2.75) is 30.2 Å². The Kier molecular flexibility index (Phi) is 6.92. The first-order valence-corrected chi connectivity index (χ1v) is 14.8. The molecule has 210 valence electrons. The molecular formula is C30H28N4O6S. The van der Waals surface area contributed by atoms with E-state index in [0.29, 0.717) is 30.2 Å². The summed E-state index contributed by atoms with van der Waals surface area (Å²) < 4.78 is 32.8. The number of hydrogen-bond acceptors (Lipinski definition) is 8. The highest BCUT2D eigenvalue weighted by molar-refractivity contribution is 7.89. The molecule has 2 fully saturated rings. The number of fused-ring (bicyclic) bond motifs is 1. The van der Waals surface area contributed by atoms with Gasteiger partial charge in [0.15, 0.2) is 0 Å². The molecule has 2 unspecified atom stereocenters. The average Bonchev–Trinajstić information content (AvgIpc) is 3.54. The third kappa shape index (κ3) is 4.60. The van der Waals surface area contributed by atoms with Crippen molar-refractivity contribution in [1.82, 2.24) is 4.31 Å². The summed E-state index contributed by atoms with van der Waals surface area (Å²) in [5.74, 6) is -2.15. The summed E-state index contributed by atoms with van der Waals surface area (Å²) >= 11 is 0. The van der Waals surface area contributed by atoms with Crippen molar-refractivity contribution in [1.29, 1.82) is 0 Å². The molecule has 0 N–H and O–H groups in total. The van der Waals surface area contributed by atoms with Crippen molar-refractivity contribution < 1.29 is 27.5 Å². The zero-order chi connectivity index (χ0) is 28.7. The number of carbonyl (C=O) groups is 3. The molecule has 3 aromatic carbocycles. The van der Waals surface area contributed by atoms with Crippen LogP contribution >= 0.6 is 0 Å². The Hall–Kier alpha value is -4.35. The molecule has 0 saturated carbocycles. The molecule has 0 bridgehead atoms. The fourth-order valence-corrected chi connectivity index (χ4v) is 7.08. The summed E-state index contributed by atoms with van der Waals surface area (Å²) in [6, 6.07) is 20.1. The molecule has 3 heterocycles. The topological polar surface area (TPSA) is 117 Å². The maximum absolute atomic E-state index is 13.8. The number of imide groups is 1. The van der Waals surface area contributed by atoms with Crippen LogP contribution in [-0.4, -0.2) is 62.3 Å². The first-order chi connectivity index (χ1) is 19.8. The Morgan fingerprint density at radius 3 is 2.12 bits per heavy atom. The van der Waals surface area contributed by atoms with E-state index in [2.05, 4.69) is 5.10 Å². The Balaban J connectivity index is 1.34. The minimum Gasteiger partial charge on any atom is -0.497 e. The Labute approximate surface area is 237 Å². The first-order valence-electron chi connectivity index (χ1n) is 13.4. The number of ether oxygens (including phenoxy) is 1. The third-order valence-electron chi connectivity index (χ3n) is 7.70. The molecule has 3 aromatic rings. The summed E-state index contributed by atoms with van der Waals surface area (Å²) in [4.78, 5) is 42.5. The van der Waals surface area contributed by atoms with Gasteiger partial charge in [0.1, 0.15) is 23.4 Å². The summed E-state index contributed by atoms with van der Waals surface area (Å²) in [5, 5.41) is 5.93. The van der Waals surface area contributed by atoms with Gasteiger partial charge in [-0.05, 0) is 73.5 Å². The quantitative estimate of drug-likeness (QED) is 0.314. The Bertz CT molecular complexity index is 1630. The van der Waals surface area contributed by atoms with Crippen LogP contribution in [0.5, 0.6) is 5.75 Å². The zero-order valence-corrected chi connectivity index (χ0v) is 23.2. The standard InChI is InChI=1S/C30H28N4O6S/c1-40-23-14-12-21(13-15-23)33-29(36)25-26(31-34(27(25)30(33)37)22-8-4-2-5-9-22)28(35)20-10-16-24(17-11-20)41(38,39)32-18-6-3-7-19-32/h2,4-5,8-17,25,27H,3,6-7,18-19H2,1H3. The van der Waals surface area contributed by atoms with Crippen LogP contribution in [0.4, 0.5) is 11.4 Å². The van der Waals surface area contributed by atoms with Crippen LogP contribution in [0.15, 0.2) is 88.9 Å². The van der Waals surface area contributed by atoms with Gasteiger partial charge < -0.3 is 4.74 Å². The van der Waals surface area contributed by atoms with E-state index >= 15 is 0 Å². The van der Waals surface area contributed by atoms with Gasteiger partial charge in [-0.1, -0.05) is 24.6 Å². The van der Waals surface area contributed by atoms with Crippen molar-refractivity contribution >= 4 is 44.7 Å². The molecule has 2 amide bonds. The number of amides is 2. The van der Waals surface area contributed by atoms with E-state index in [1.165, 1.54) is 40.7 Å². The molecule has 3 aliphatic rings. The van der Waals surface area contributed by atoms with Crippen LogP contribution in [0.2, 0.25) is 0 Å². The maximum Gasteiger partial charge on any atom is 0.259 e. The van der Waals surface area contributed by atoms with Gasteiger partial charge in [0.25, 0.3) is 5.91 Å². The lowest BCUT2D eigenvalue weighted by Crippen LogP contribution is -2.39. The van der Waals surface area contributed by atoms with Gasteiger partial charge in [0.05, 0.1) is 23.4 Å². The summed E-state index contributed by atoms with van der Waals surface area (Å²) in [5.41, 5.74) is 1.03. The average molecular weight is 573 g/mol. The predicted molar refractivity (Wildman–Crippen MR) is 153 cm³/mol. The number of piperidine rings is 1. The second-order valence-electron chi connectivity index (χ2n) is 10.1. The van der Waals surface area contributed by atoms with E-state index in [1.807, 2.05) is 6.07 Å². The number of nitrogens with zero attached hydrogens (tertiary/aromatic N) is 4. The molecular weight excluding hydrogens is 544 g/mol. The third-order valence-corrected chi connectivity index (χ3v) is 9.62. The van der Waals surface area contributed by atoms with E-state index in [9.17, 15) is 22.8 Å². The van der Waals surface area contributed by atoms with Crippen molar-refractivity contribution in [2.75, 3.05) is 30.1 Å². The highest BCUT2D eigenvalue weighted by Crippen LogP contribution is 2.39. The number of benzene rings is 3. The Morgan fingerprint density at radius 2 is 1.49 bits per heavy atom. The van der Waals surface area contributed by atoms with E-state index in [0.717, 1.165) is 24.2 Å². The van der Waals surface area contributed by atoms with Gasteiger partial charge in [-0.3, -0.25) is 19.4 Å². The SMILES string of the molecule is COc1ccc(N2C(=O)C3C(C(=O)c4ccc(S(=O)(=O)N5CCCCC5)cc4)=NN(c4ccccc4)C3C2=O)cc1. The summed E-state index contributed by atoms with van der Waals surface area (Å²) in [6.45, 7) is 0.943. The highest BCUT2D eigenvalue weighted by atomic mass is 32.2. The number of para-hydroxylation sites is 1. The first kappa shape index (κ1) is 26.9. The molecule has 0 aromatic heterocycles. The summed E-state index contributed by atoms with van der Waals surface area (Å²) in [6.07, 6.45) is 2.63. The number of ketones is 1. The van der Waals surface area contributed by atoms with E-state index in [1.54, 1.807) is 48.5 Å². The number of carbonyl (C=O) groups excluding carboxylic acids is 3. The van der Waals surface area contributed by atoms with Gasteiger partial charge in [-0.15, -0.1) is 0 Å². The van der Waals surface area contributed by atoms with Gasteiger partial charge in [-0.25, -0.2) is 13.3 Å². The number of hydrogen-bond donors (Lipinski definition) is 0. The lowest BCUT2D eigenvalue weighted by Gasteiger charge is -2.25. The fraction of sp³-hybridized carbons (Fsp3) is 0.267. The molecule has 11 heteroatoms. The highest BCUT2D eigenvalue weighted by Gasteiger charge is 2.58. The zero-order valence-electron chi connectivity index (χ0n) is 22.3. The van der Waals surface area contributed by atoms with E-state index < -0.39 is 39.6 Å². The molecule has 0 spiro atoms. The molecule has 0 radical (unpaired) electrons. The van der Waals surface area contributed by atoms with E-state index in [-0.39, 0.29) is 16.2 Å². The fourth-order valence-electron chi connectivity index (χ4n) is 5.56. The Morgan fingerprint density at radius 1 is 0.829 bits per heavy atom. The van der Waals surface area contributed by atoms with E-state index in [4.69, 9.17) is 4.74 Å². The molecule has 2 saturated heterocycles. The number of anilines is 2. The smallest absolute Gasteiger partial charge is 0.259 e. The normalized spacial score (nSPS) is 21.1. The van der Waals surface area contributed by atoms with Gasteiger partial charge in [0, 0.05) is 18.7 Å². The molecule has 6 rings (SSSR count). The molecule has 0 aliphatic carbocycles. The number of methoxy groups -OCH3 is 1. The second kappa shape index (κ2) is 10.6. The predicted octanol–water partition coefficient (Wildman–Crippen LogP) is 3.49.